The number of alkyl halides is 2. The van der Waals surface area contributed by atoms with Gasteiger partial charge < -0.3 is 9.80 Å². The molecule has 0 radical (unpaired) electrons. The molecule has 1 rings (SSSR count). The van der Waals surface area contributed by atoms with E-state index < -0.39 is 21.2 Å². The van der Waals surface area contributed by atoms with E-state index in [4.69, 9.17) is 23.2 Å². The average Bonchev–Trinajstić information content (AvgIpc) is 2.82. The highest BCUT2D eigenvalue weighted by Gasteiger charge is 2.60. The molecule has 0 spiro atoms. The molecular formula is C25H54Cl2N2O5P2+2. The Bertz CT molecular complexity index is 455. The van der Waals surface area contributed by atoms with Crippen molar-refractivity contribution >= 4 is 39.7 Å². The number of hydrogen-bond acceptors (Lipinski definition) is 7. The second-order valence-electron chi connectivity index (χ2n) is 8.98. The third kappa shape index (κ3) is 26.2. The van der Waals surface area contributed by atoms with Crippen LogP contribution >= 0.6 is 39.7 Å². The van der Waals surface area contributed by atoms with Gasteiger partial charge in [-0.3, -0.25) is 0 Å². The van der Waals surface area contributed by atoms with Crippen molar-refractivity contribution in [2.75, 3.05) is 39.3 Å². The van der Waals surface area contributed by atoms with Crippen LogP contribution in [0.25, 0.3) is 0 Å². The third-order valence-electron chi connectivity index (χ3n) is 5.46. The highest BCUT2D eigenvalue weighted by Crippen LogP contribution is 2.54. The van der Waals surface area contributed by atoms with E-state index in [2.05, 4.69) is 64.7 Å². The number of unbranched alkanes of at least 4 members (excludes halogenated alkanes) is 6. The predicted octanol–water partition coefficient (Wildman–Crippen LogP) is 9.83. The van der Waals surface area contributed by atoms with Crippen molar-refractivity contribution in [1.82, 2.24) is 9.80 Å². The monoisotopic (exact) mass is 594 g/mol. The molecule has 7 nitrogen and oxygen atoms in total. The summed E-state index contributed by atoms with van der Waals surface area (Å²) in [5, 5.41) is 0. The van der Waals surface area contributed by atoms with Gasteiger partial charge in [0, 0.05) is 9.13 Å². The second-order valence-corrected chi connectivity index (χ2v) is 12.1. The summed E-state index contributed by atoms with van der Waals surface area (Å²) in [7, 11) is -5.08. The zero-order chi connectivity index (χ0) is 27.7. The van der Waals surface area contributed by atoms with E-state index in [0.29, 0.717) is 0 Å². The Hall–Kier alpha value is 0.580. The maximum Gasteiger partial charge on any atom is 0.753 e. The Morgan fingerprint density at radius 1 is 0.528 bits per heavy atom. The molecule has 0 N–H and O–H groups in total. The average molecular weight is 596 g/mol. The fourth-order valence-electron chi connectivity index (χ4n) is 3.24. The van der Waals surface area contributed by atoms with Crippen LogP contribution in [0, 0.1) is 0 Å². The fraction of sp³-hybridized carbons (Fsp3) is 1.00. The highest BCUT2D eigenvalue weighted by molar-refractivity contribution is 7.48. The molecule has 0 saturated carbocycles. The first-order valence-electron chi connectivity index (χ1n) is 14.0. The van der Waals surface area contributed by atoms with Crippen molar-refractivity contribution in [3.8, 4) is 0 Å². The van der Waals surface area contributed by atoms with Gasteiger partial charge in [-0.1, -0.05) is 80.1 Å². The minimum atomic E-state index is -2.54. The zero-order valence-corrected chi connectivity index (χ0v) is 27.1. The van der Waals surface area contributed by atoms with E-state index >= 15 is 0 Å². The molecule has 1 aliphatic heterocycles. The lowest BCUT2D eigenvalue weighted by molar-refractivity contribution is 0.0132. The van der Waals surface area contributed by atoms with Crippen LogP contribution in [-0.4, -0.2) is 53.8 Å². The summed E-state index contributed by atoms with van der Waals surface area (Å²) < 4.78 is 30.9. The van der Waals surface area contributed by atoms with Gasteiger partial charge in [0.2, 0.25) is 0 Å². The largest absolute Gasteiger partial charge is 0.753 e. The smallest absolute Gasteiger partial charge is 0.303 e. The first-order valence-corrected chi connectivity index (χ1v) is 17.0. The molecule has 2 atom stereocenters. The lowest BCUT2D eigenvalue weighted by Gasteiger charge is -2.21. The number of nitrogens with zero attached hydrogens (tertiary/aromatic N) is 2. The zero-order valence-electron chi connectivity index (χ0n) is 23.8. The molecule has 0 aromatic carbocycles. The van der Waals surface area contributed by atoms with Crippen LogP contribution in [0.5, 0.6) is 0 Å². The molecule has 1 heterocycles. The first kappa shape index (κ1) is 38.7. The predicted molar refractivity (Wildman–Crippen MR) is 155 cm³/mol. The first-order chi connectivity index (χ1) is 17.2. The Labute approximate surface area is 234 Å². The second kappa shape index (κ2) is 27.2. The van der Waals surface area contributed by atoms with Gasteiger partial charge in [0.05, 0.1) is 0 Å². The third-order valence-corrected chi connectivity index (χ3v) is 8.08. The number of rotatable bonds is 18. The lowest BCUT2D eigenvalue weighted by atomic mass is 10.2. The van der Waals surface area contributed by atoms with Crippen molar-refractivity contribution in [1.29, 1.82) is 0 Å². The highest BCUT2D eigenvalue weighted by atomic mass is 35.5. The Morgan fingerprint density at radius 3 is 0.917 bits per heavy atom. The summed E-state index contributed by atoms with van der Waals surface area (Å²) in [6.45, 7) is 21.5. The van der Waals surface area contributed by atoms with Crippen LogP contribution in [0.4, 0.5) is 0 Å². The summed E-state index contributed by atoms with van der Waals surface area (Å²) >= 11 is 10.3. The van der Waals surface area contributed by atoms with E-state index in [9.17, 15) is 9.13 Å². The number of halogens is 2. The topological polar surface area (TPSA) is 68.3 Å². The van der Waals surface area contributed by atoms with E-state index in [1.54, 1.807) is 0 Å². The molecule has 0 aromatic heterocycles. The SMILES string of the molecule is CCCCN(CCCC)CCCC.CCCCN(CCCC)CCCC.O=[P+]1O[P+](=O)OC(Cl)(Cl)O1. The summed E-state index contributed by atoms with van der Waals surface area (Å²) in [5.74, 6) is 0. The molecule has 1 aliphatic rings. The van der Waals surface area contributed by atoms with E-state index in [1.165, 1.54) is 116 Å². The minimum Gasteiger partial charge on any atom is -0.303 e. The molecule has 36 heavy (non-hydrogen) atoms. The van der Waals surface area contributed by atoms with Crippen LogP contribution in [0.1, 0.15) is 119 Å². The molecular weight excluding hydrogens is 541 g/mol. The maximum atomic E-state index is 10.4. The minimum absolute atomic E-state index is 1.32. The van der Waals surface area contributed by atoms with Gasteiger partial charge in [-0.05, 0) is 110 Å². The molecule has 11 heteroatoms. The van der Waals surface area contributed by atoms with Gasteiger partial charge in [-0.25, -0.2) is 0 Å². The van der Waals surface area contributed by atoms with Crippen molar-refractivity contribution in [2.24, 2.45) is 0 Å². The summed E-state index contributed by atoms with van der Waals surface area (Å²) in [6.07, 6.45) is 16.2. The Balaban J connectivity index is 0. The van der Waals surface area contributed by atoms with Crippen LogP contribution in [-0.2, 0) is 22.5 Å². The van der Waals surface area contributed by atoms with Crippen molar-refractivity contribution in [2.45, 2.75) is 123 Å². The van der Waals surface area contributed by atoms with Gasteiger partial charge >= 0.3 is 21.2 Å². The Kier molecular flexibility index (Phi) is 29.2. The molecule has 0 aromatic rings. The molecule has 1 saturated heterocycles. The van der Waals surface area contributed by atoms with Crippen molar-refractivity contribution in [3.63, 3.8) is 0 Å². The lowest BCUT2D eigenvalue weighted by Crippen LogP contribution is -2.27. The maximum absolute atomic E-state index is 10.4. The normalized spacial score (nSPS) is 16.9. The summed E-state index contributed by atoms with van der Waals surface area (Å²) in [6, 6.07) is 0. The van der Waals surface area contributed by atoms with Crippen molar-refractivity contribution < 1.29 is 22.5 Å². The van der Waals surface area contributed by atoms with Crippen LogP contribution in [0.3, 0.4) is 0 Å². The standard InChI is InChI=1S/2C12H27N.CCl2O5P2/c2*1-4-7-10-13(11-8-5-2)12-9-6-3;2-1(3)6-9(4)8-10(5)7-1/h2*4-12H2,1-3H3;/q;;+2. The quantitative estimate of drug-likeness (QED) is 0.115. The Morgan fingerprint density at radius 2 is 0.750 bits per heavy atom. The molecule has 1 fully saturated rings. The van der Waals surface area contributed by atoms with Gasteiger partial charge in [0.15, 0.2) is 4.31 Å². The molecule has 0 aliphatic carbocycles. The molecule has 0 bridgehead atoms. The van der Waals surface area contributed by atoms with Gasteiger partial charge in [-0.2, -0.15) is 0 Å². The van der Waals surface area contributed by atoms with Gasteiger partial charge in [0.25, 0.3) is 0 Å². The van der Waals surface area contributed by atoms with E-state index in [1.807, 2.05) is 0 Å². The van der Waals surface area contributed by atoms with E-state index in [0.717, 1.165) is 0 Å². The van der Waals surface area contributed by atoms with Crippen LogP contribution < -0.4 is 0 Å². The van der Waals surface area contributed by atoms with Crippen LogP contribution in [0.2, 0.25) is 0 Å². The van der Waals surface area contributed by atoms with E-state index in [-0.39, 0.29) is 0 Å². The summed E-state index contributed by atoms with van der Waals surface area (Å²) in [4.78, 5) is 5.27. The molecule has 216 valence electrons. The van der Waals surface area contributed by atoms with Gasteiger partial charge in [-0.15, -0.1) is 0 Å². The van der Waals surface area contributed by atoms with Gasteiger partial charge in [0.1, 0.15) is 0 Å². The summed E-state index contributed by atoms with van der Waals surface area (Å²) in [5.41, 5.74) is 0. The van der Waals surface area contributed by atoms with Crippen molar-refractivity contribution in [3.05, 3.63) is 0 Å². The van der Waals surface area contributed by atoms with Crippen LogP contribution in [0.15, 0.2) is 0 Å². The molecule has 2 unspecified atom stereocenters. The fourth-order valence-corrected chi connectivity index (χ4v) is 5.10. The molecule has 0 amide bonds. The number of hydrogen-bond donors (Lipinski definition) is 0.